The number of hydrogen-bond donors (Lipinski definition) is 3. The lowest BCUT2D eigenvalue weighted by Crippen LogP contribution is -2.33. The highest BCUT2D eigenvalue weighted by Crippen LogP contribution is 2.21. The van der Waals surface area contributed by atoms with E-state index < -0.39 is 0 Å². The van der Waals surface area contributed by atoms with Gasteiger partial charge in [-0.2, -0.15) is 0 Å². The highest BCUT2D eigenvalue weighted by molar-refractivity contribution is 6.30. The van der Waals surface area contributed by atoms with Crippen molar-refractivity contribution in [3.8, 4) is 5.75 Å². The summed E-state index contributed by atoms with van der Waals surface area (Å²) in [7, 11) is 1.91. The molecule has 5 nitrogen and oxygen atoms in total. The normalized spacial score (nSPS) is 13.3. The van der Waals surface area contributed by atoms with Crippen LogP contribution >= 0.6 is 11.6 Å². The molecule has 0 aliphatic carbocycles. The van der Waals surface area contributed by atoms with Gasteiger partial charge in [-0.25, -0.2) is 0 Å². The first-order valence-corrected chi connectivity index (χ1v) is 10.1. The van der Waals surface area contributed by atoms with E-state index in [-0.39, 0.29) is 18.8 Å². The lowest BCUT2D eigenvalue weighted by molar-refractivity contribution is 0.0269. The van der Waals surface area contributed by atoms with Crippen molar-refractivity contribution in [2.24, 2.45) is 0 Å². The second-order valence-corrected chi connectivity index (χ2v) is 7.18. The van der Waals surface area contributed by atoms with E-state index in [0.717, 1.165) is 24.3 Å². The fourth-order valence-corrected chi connectivity index (χ4v) is 3.10. The van der Waals surface area contributed by atoms with Gasteiger partial charge in [-0.3, -0.25) is 0 Å². The summed E-state index contributed by atoms with van der Waals surface area (Å²) in [5, 5.41) is 16.4. The third-order valence-corrected chi connectivity index (χ3v) is 4.60. The number of likely N-dealkylation sites (N-methyl/N-ethyl adjacent to an activating group) is 1. The molecule has 0 heterocycles. The van der Waals surface area contributed by atoms with Crippen molar-refractivity contribution in [2.45, 2.75) is 25.5 Å². The first kappa shape index (κ1) is 22.7. The van der Waals surface area contributed by atoms with Crippen molar-refractivity contribution < 1.29 is 14.6 Å². The molecule has 6 heteroatoms. The SMILES string of the molecule is CNCCOc1ccc(CC(C)NCC(OCCO)c2cccc(Cl)c2)cc1. The summed E-state index contributed by atoms with van der Waals surface area (Å²) in [4.78, 5) is 0. The first-order chi connectivity index (χ1) is 13.6. The number of ether oxygens (including phenoxy) is 2. The Labute approximate surface area is 173 Å². The van der Waals surface area contributed by atoms with Crippen molar-refractivity contribution in [2.75, 3.05) is 40.0 Å². The number of halogens is 1. The third kappa shape index (κ3) is 8.17. The van der Waals surface area contributed by atoms with Crippen LogP contribution < -0.4 is 15.4 Å². The van der Waals surface area contributed by atoms with Gasteiger partial charge in [0.15, 0.2) is 0 Å². The molecule has 2 aromatic carbocycles. The van der Waals surface area contributed by atoms with Gasteiger partial charge in [-0.1, -0.05) is 35.9 Å². The molecule has 0 aliphatic rings. The van der Waals surface area contributed by atoms with E-state index in [4.69, 9.17) is 26.2 Å². The molecule has 0 bridgehead atoms. The molecule has 28 heavy (non-hydrogen) atoms. The van der Waals surface area contributed by atoms with Crippen molar-refractivity contribution in [1.82, 2.24) is 10.6 Å². The quantitative estimate of drug-likeness (QED) is 0.446. The fraction of sp³-hybridized carbons (Fsp3) is 0.455. The number of aliphatic hydroxyl groups excluding tert-OH is 1. The summed E-state index contributed by atoms with van der Waals surface area (Å²) >= 11 is 6.11. The Morgan fingerprint density at radius 2 is 1.89 bits per heavy atom. The molecular weight excluding hydrogens is 376 g/mol. The summed E-state index contributed by atoms with van der Waals surface area (Å²) in [6.07, 6.45) is 0.746. The van der Waals surface area contributed by atoms with E-state index in [1.807, 2.05) is 43.4 Å². The Hall–Kier alpha value is -1.63. The maximum Gasteiger partial charge on any atom is 0.119 e. The van der Waals surface area contributed by atoms with Crippen LogP contribution in [0.5, 0.6) is 5.75 Å². The first-order valence-electron chi connectivity index (χ1n) is 9.70. The van der Waals surface area contributed by atoms with Crippen LogP contribution in [-0.2, 0) is 11.2 Å². The van der Waals surface area contributed by atoms with E-state index in [0.29, 0.717) is 24.8 Å². The molecule has 0 aromatic heterocycles. The smallest absolute Gasteiger partial charge is 0.119 e. The van der Waals surface area contributed by atoms with E-state index >= 15 is 0 Å². The predicted molar refractivity (Wildman–Crippen MR) is 114 cm³/mol. The summed E-state index contributed by atoms with van der Waals surface area (Å²) in [5.74, 6) is 0.887. The molecule has 0 amide bonds. The van der Waals surface area contributed by atoms with E-state index in [2.05, 4.69) is 29.7 Å². The molecular formula is C22H31ClN2O3. The van der Waals surface area contributed by atoms with Crippen LogP contribution in [0.4, 0.5) is 0 Å². The fourth-order valence-electron chi connectivity index (χ4n) is 2.90. The zero-order chi connectivity index (χ0) is 20.2. The average Bonchev–Trinajstić information content (AvgIpc) is 2.69. The number of nitrogens with one attached hydrogen (secondary N) is 2. The van der Waals surface area contributed by atoms with Crippen LogP contribution in [0.3, 0.4) is 0 Å². The van der Waals surface area contributed by atoms with E-state index in [1.54, 1.807) is 0 Å². The van der Waals surface area contributed by atoms with Gasteiger partial charge < -0.3 is 25.2 Å². The molecule has 2 atom stereocenters. The van der Waals surface area contributed by atoms with Gasteiger partial charge in [0.05, 0.1) is 19.3 Å². The van der Waals surface area contributed by atoms with Gasteiger partial charge in [-0.05, 0) is 55.8 Å². The molecule has 2 aromatic rings. The maximum absolute atomic E-state index is 9.09. The largest absolute Gasteiger partial charge is 0.492 e. The Morgan fingerprint density at radius 3 is 2.57 bits per heavy atom. The summed E-state index contributed by atoms with van der Waals surface area (Å²) in [6, 6.07) is 16.2. The van der Waals surface area contributed by atoms with E-state index in [1.165, 1.54) is 5.56 Å². The number of benzene rings is 2. The van der Waals surface area contributed by atoms with Gasteiger partial charge in [-0.15, -0.1) is 0 Å². The highest BCUT2D eigenvalue weighted by Gasteiger charge is 2.14. The van der Waals surface area contributed by atoms with Crippen LogP contribution in [0.25, 0.3) is 0 Å². The minimum atomic E-state index is -0.156. The van der Waals surface area contributed by atoms with Gasteiger partial charge in [0.1, 0.15) is 12.4 Å². The topological polar surface area (TPSA) is 62.8 Å². The molecule has 0 fully saturated rings. The van der Waals surface area contributed by atoms with Crippen molar-refractivity contribution >= 4 is 11.6 Å². The van der Waals surface area contributed by atoms with Crippen molar-refractivity contribution in [3.05, 3.63) is 64.7 Å². The monoisotopic (exact) mass is 406 g/mol. The molecule has 0 aliphatic heterocycles. The Kier molecular flexibility index (Phi) is 10.3. The van der Waals surface area contributed by atoms with Crippen LogP contribution in [0.2, 0.25) is 5.02 Å². The van der Waals surface area contributed by atoms with Crippen LogP contribution in [0.1, 0.15) is 24.2 Å². The Balaban J connectivity index is 1.85. The standard InChI is InChI=1S/C22H31ClN2O3/c1-17(14-18-6-8-21(9-7-18)27-12-10-24-2)25-16-22(28-13-11-26)19-4-3-5-20(23)15-19/h3-9,15,17,22,24-26H,10-14,16H2,1-2H3. The van der Waals surface area contributed by atoms with Crippen LogP contribution in [-0.4, -0.2) is 51.1 Å². The predicted octanol–water partition coefficient (Wildman–Crippen LogP) is 3.21. The molecule has 0 radical (unpaired) electrons. The summed E-state index contributed by atoms with van der Waals surface area (Å²) in [5.41, 5.74) is 2.25. The lowest BCUT2D eigenvalue weighted by Gasteiger charge is -2.22. The van der Waals surface area contributed by atoms with Crippen LogP contribution in [0, 0.1) is 0 Å². The number of aliphatic hydroxyl groups is 1. The minimum absolute atomic E-state index is 0.00461. The number of hydrogen-bond acceptors (Lipinski definition) is 5. The minimum Gasteiger partial charge on any atom is -0.492 e. The lowest BCUT2D eigenvalue weighted by atomic mass is 10.1. The van der Waals surface area contributed by atoms with Gasteiger partial charge in [0.25, 0.3) is 0 Å². The molecule has 0 spiro atoms. The maximum atomic E-state index is 9.09. The zero-order valence-electron chi connectivity index (χ0n) is 16.7. The van der Waals surface area contributed by atoms with E-state index in [9.17, 15) is 0 Å². The third-order valence-electron chi connectivity index (χ3n) is 4.37. The molecule has 2 unspecified atom stereocenters. The molecule has 154 valence electrons. The number of rotatable bonds is 13. The van der Waals surface area contributed by atoms with Crippen LogP contribution in [0.15, 0.2) is 48.5 Å². The van der Waals surface area contributed by atoms with Gasteiger partial charge >= 0.3 is 0 Å². The van der Waals surface area contributed by atoms with Crippen molar-refractivity contribution in [3.63, 3.8) is 0 Å². The second kappa shape index (κ2) is 12.8. The zero-order valence-corrected chi connectivity index (χ0v) is 17.4. The highest BCUT2D eigenvalue weighted by atomic mass is 35.5. The molecule has 3 N–H and O–H groups in total. The Morgan fingerprint density at radius 1 is 1.11 bits per heavy atom. The van der Waals surface area contributed by atoms with Gasteiger partial charge in [0, 0.05) is 24.2 Å². The summed E-state index contributed by atoms with van der Waals surface area (Å²) < 4.78 is 11.5. The second-order valence-electron chi connectivity index (χ2n) is 6.75. The summed E-state index contributed by atoms with van der Waals surface area (Å²) in [6.45, 7) is 4.57. The molecule has 0 saturated carbocycles. The van der Waals surface area contributed by atoms with Gasteiger partial charge in [0.2, 0.25) is 0 Å². The molecule has 2 rings (SSSR count). The average molecular weight is 407 g/mol. The Bertz CT molecular complexity index is 682. The van der Waals surface area contributed by atoms with Crippen molar-refractivity contribution in [1.29, 1.82) is 0 Å². The molecule has 0 saturated heterocycles.